The van der Waals surface area contributed by atoms with Crippen LogP contribution < -0.4 is 0 Å². The van der Waals surface area contributed by atoms with Crippen molar-refractivity contribution in [2.75, 3.05) is 13.2 Å². The van der Waals surface area contributed by atoms with Gasteiger partial charge in [-0.25, -0.2) is 0 Å². The van der Waals surface area contributed by atoms with E-state index >= 15 is 0 Å². The van der Waals surface area contributed by atoms with E-state index in [2.05, 4.69) is 11.8 Å². The molecule has 2 rings (SSSR count). The van der Waals surface area contributed by atoms with E-state index in [9.17, 15) is 0 Å². The molecule has 1 saturated carbocycles. The first kappa shape index (κ1) is 11.7. The summed E-state index contributed by atoms with van der Waals surface area (Å²) in [7, 11) is 0. The number of furan rings is 1. The summed E-state index contributed by atoms with van der Waals surface area (Å²) in [6, 6.07) is 2.64. The van der Waals surface area contributed by atoms with Gasteiger partial charge in [0.05, 0.1) is 19.4 Å². The van der Waals surface area contributed by atoms with Crippen molar-refractivity contribution in [3.63, 3.8) is 0 Å². The maximum Gasteiger partial charge on any atom is 0.120 e. The third kappa shape index (κ3) is 2.66. The lowest BCUT2D eigenvalue weighted by Gasteiger charge is -2.27. The third-order valence-electron chi connectivity index (χ3n) is 3.54. The average Bonchev–Trinajstić information content (AvgIpc) is 2.90. The fraction of sp³-hybridized carbons (Fsp3) is 0.692. The monoisotopic (exact) mass is 223 g/mol. The van der Waals surface area contributed by atoms with Crippen molar-refractivity contribution in [2.24, 2.45) is 0 Å². The molecule has 0 bridgehead atoms. The van der Waals surface area contributed by atoms with Gasteiger partial charge in [0.1, 0.15) is 5.76 Å². The number of rotatable bonds is 5. The normalized spacial score (nSPS) is 17.4. The van der Waals surface area contributed by atoms with Crippen molar-refractivity contribution >= 4 is 0 Å². The van der Waals surface area contributed by atoms with Gasteiger partial charge in [0.2, 0.25) is 0 Å². The number of aliphatic hydroxyl groups is 1. The first-order chi connectivity index (χ1) is 7.81. The first-order valence-electron chi connectivity index (χ1n) is 6.19. The maximum absolute atomic E-state index is 9.12. The molecule has 1 aromatic rings. The average molecular weight is 223 g/mol. The Kier molecular flexibility index (Phi) is 4.02. The lowest BCUT2D eigenvalue weighted by Crippen LogP contribution is -2.35. The summed E-state index contributed by atoms with van der Waals surface area (Å²) in [5.74, 6) is 1.04. The molecule has 0 aliphatic heterocycles. The van der Waals surface area contributed by atoms with E-state index < -0.39 is 0 Å². The molecule has 1 fully saturated rings. The molecule has 16 heavy (non-hydrogen) atoms. The summed E-state index contributed by atoms with van der Waals surface area (Å²) in [5.41, 5.74) is 1.21. The minimum atomic E-state index is 0.232. The highest BCUT2D eigenvalue weighted by molar-refractivity contribution is 5.14. The fourth-order valence-corrected chi connectivity index (χ4v) is 2.54. The SMILES string of the molecule is Cc1ccoc1CN(CCO)C1CCCC1. The van der Waals surface area contributed by atoms with Crippen LogP contribution in [0.3, 0.4) is 0 Å². The van der Waals surface area contributed by atoms with Crippen molar-refractivity contribution in [3.05, 3.63) is 23.7 Å². The van der Waals surface area contributed by atoms with Crippen LogP contribution in [0.2, 0.25) is 0 Å². The van der Waals surface area contributed by atoms with E-state index in [0.29, 0.717) is 6.04 Å². The summed E-state index contributed by atoms with van der Waals surface area (Å²) in [5, 5.41) is 9.12. The second-order valence-corrected chi connectivity index (χ2v) is 4.66. The van der Waals surface area contributed by atoms with Crippen molar-refractivity contribution < 1.29 is 9.52 Å². The molecule has 0 aromatic carbocycles. The standard InChI is InChI=1S/C13H21NO2/c1-11-6-9-16-13(11)10-14(7-8-15)12-4-2-3-5-12/h6,9,12,15H,2-5,7-8,10H2,1H3. The molecule has 3 heteroatoms. The maximum atomic E-state index is 9.12. The Hall–Kier alpha value is -0.800. The number of hydrogen-bond donors (Lipinski definition) is 1. The molecule has 0 amide bonds. The van der Waals surface area contributed by atoms with Crippen LogP contribution in [0.4, 0.5) is 0 Å². The van der Waals surface area contributed by atoms with Gasteiger partial charge in [-0.15, -0.1) is 0 Å². The van der Waals surface area contributed by atoms with Gasteiger partial charge < -0.3 is 9.52 Å². The Morgan fingerprint density at radius 3 is 2.75 bits per heavy atom. The van der Waals surface area contributed by atoms with Gasteiger partial charge in [-0.05, 0) is 31.4 Å². The highest BCUT2D eigenvalue weighted by atomic mass is 16.3. The van der Waals surface area contributed by atoms with Gasteiger partial charge >= 0.3 is 0 Å². The van der Waals surface area contributed by atoms with Gasteiger partial charge in [-0.3, -0.25) is 4.90 Å². The van der Waals surface area contributed by atoms with E-state index in [1.165, 1.54) is 31.2 Å². The predicted molar refractivity (Wildman–Crippen MR) is 63.2 cm³/mol. The number of nitrogens with zero attached hydrogens (tertiary/aromatic N) is 1. The molecule has 1 heterocycles. The molecular formula is C13H21NO2. The van der Waals surface area contributed by atoms with Crippen molar-refractivity contribution in [3.8, 4) is 0 Å². The van der Waals surface area contributed by atoms with E-state index in [-0.39, 0.29) is 6.61 Å². The molecule has 90 valence electrons. The fourth-order valence-electron chi connectivity index (χ4n) is 2.54. The van der Waals surface area contributed by atoms with Crippen LogP contribution in [-0.4, -0.2) is 29.2 Å². The van der Waals surface area contributed by atoms with Crippen molar-refractivity contribution in [2.45, 2.75) is 45.2 Å². The third-order valence-corrected chi connectivity index (χ3v) is 3.54. The lowest BCUT2D eigenvalue weighted by atomic mass is 10.2. The number of aliphatic hydroxyl groups excluding tert-OH is 1. The van der Waals surface area contributed by atoms with Crippen LogP contribution in [0, 0.1) is 6.92 Å². The van der Waals surface area contributed by atoms with Crippen molar-refractivity contribution in [1.29, 1.82) is 0 Å². The molecular weight excluding hydrogens is 202 g/mol. The molecule has 1 aliphatic rings. The summed E-state index contributed by atoms with van der Waals surface area (Å²) in [4.78, 5) is 2.36. The van der Waals surface area contributed by atoms with Crippen molar-refractivity contribution in [1.82, 2.24) is 4.90 Å². The van der Waals surface area contributed by atoms with Gasteiger partial charge in [0.15, 0.2) is 0 Å². The summed E-state index contributed by atoms with van der Waals surface area (Å²) >= 11 is 0. The molecule has 0 unspecified atom stereocenters. The molecule has 0 saturated heterocycles. The summed E-state index contributed by atoms with van der Waals surface area (Å²) < 4.78 is 5.48. The Morgan fingerprint density at radius 1 is 1.44 bits per heavy atom. The summed E-state index contributed by atoms with van der Waals surface area (Å²) in [6.45, 7) is 3.90. The molecule has 1 N–H and O–H groups in total. The first-order valence-corrected chi connectivity index (χ1v) is 6.19. The predicted octanol–water partition coefficient (Wildman–Crippen LogP) is 2.32. The second kappa shape index (κ2) is 5.51. The van der Waals surface area contributed by atoms with Crippen LogP contribution in [0.1, 0.15) is 37.0 Å². The topological polar surface area (TPSA) is 36.6 Å². The molecule has 0 spiro atoms. The molecule has 0 radical (unpaired) electrons. The Balaban J connectivity index is 1.99. The molecule has 3 nitrogen and oxygen atoms in total. The van der Waals surface area contributed by atoms with Crippen LogP contribution in [0.25, 0.3) is 0 Å². The Bertz CT molecular complexity index is 315. The molecule has 1 aromatic heterocycles. The van der Waals surface area contributed by atoms with E-state index in [1.807, 2.05) is 6.07 Å². The lowest BCUT2D eigenvalue weighted by molar-refractivity contribution is 0.135. The van der Waals surface area contributed by atoms with Gasteiger partial charge in [0.25, 0.3) is 0 Å². The van der Waals surface area contributed by atoms with Gasteiger partial charge in [-0.1, -0.05) is 12.8 Å². The largest absolute Gasteiger partial charge is 0.468 e. The smallest absolute Gasteiger partial charge is 0.120 e. The highest BCUT2D eigenvalue weighted by Crippen LogP contribution is 2.25. The Morgan fingerprint density at radius 2 is 2.19 bits per heavy atom. The summed E-state index contributed by atoms with van der Waals surface area (Å²) in [6.07, 6.45) is 6.92. The van der Waals surface area contributed by atoms with Crippen LogP contribution in [0.5, 0.6) is 0 Å². The van der Waals surface area contributed by atoms with Gasteiger partial charge in [0, 0.05) is 12.6 Å². The van der Waals surface area contributed by atoms with E-state index in [0.717, 1.165) is 18.8 Å². The van der Waals surface area contributed by atoms with E-state index in [1.54, 1.807) is 6.26 Å². The molecule has 0 atom stereocenters. The number of aryl methyl sites for hydroxylation is 1. The Labute approximate surface area is 97.1 Å². The highest BCUT2D eigenvalue weighted by Gasteiger charge is 2.23. The number of hydrogen-bond acceptors (Lipinski definition) is 3. The van der Waals surface area contributed by atoms with Crippen LogP contribution in [0.15, 0.2) is 16.7 Å². The second-order valence-electron chi connectivity index (χ2n) is 4.66. The quantitative estimate of drug-likeness (QED) is 0.832. The van der Waals surface area contributed by atoms with Gasteiger partial charge in [-0.2, -0.15) is 0 Å². The minimum Gasteiger partial charge on any atom is -0.468 e. The van der Waals surface area contributed by atoms with Crippen LogP contribution >= 0.6 is 0 Å². The van der Waals surface area contributed by atoms with E-state index in [4.69, 9.17) is 9.52 Å². The zero-order chi connectivity index (χ0) is 11.4. The molecule has 1 aliphatic carbocycles. The zero-order valence-electron chi connectivity index (χ0n) is 9.98. The minimum absolute atomic E-state index is 0.232. The zero-order valence-corrected chi connectivity index (χ0v) is 9.98. The van der Waals surface area contributed by atoms with Crippen LogP contribution in [-0.2, 0) is 6.54 Å².